The number of rotatable bonds is 3. The van der Waals surface area contributed by atoms with Crippen LogP contribution in [0.2, 0.25) is 0 Å². The molecule has 0 unspecified atom stereocenters. The zero-order valence-electron chi connectivity index (χ0n) is 10.6. The Morgan fingerprint density at radius 1 is 1.00 bits per heavy atom. The molecule has 0 aromatic heterocycles. The summed E-state index contributed by atoms with van der Waals surface area (Å²) in [6.45, 7) is 0. The second-order valence-corrected chi connectivity index (χ2v) is 7.35. The summed E-state index contributed by atoms with van der Waals surface area (Å²) in [5, 5.41) is 15.2. The Bertz CT molecular complexity index is 491. The molecule has 5 rings (SSSR count). The number of fused-ring (bicyclic) bond motifs is 4. The number of carbonyl (C=O) groups excluding carboxylic acids is 1. The molecule has 0 aliphatic heterocycles. The van der Waals surface area contributed by atoms with Crippen LogP contribution in [0.15, 0.2) is 0 Å². The van der Waals surface area contributed by atoms with Crippen molar-refractivity contribution in [2.45, 2.75) is 37.8 Å². The van der Waals surface area contributed by atoms with Gasteiger partial charge in [0.05, 0.1) is 5.41 Å². The minimum atomic E-state index is -0.687. The minimum Gasteiger partial charge on any atom is -0.481 e. The number of amides is 2. The molecule has 5 nitrogen and oxygen atoms in total. The molecule has 102 valence electrons. The fraction of sp³-hybridized carbons (Fsp3) is 0.857. The molecule has 5 aliphatic carbocycles. The lowest BCUT2D eigenvalue weighted by Gasteiger charge is -2.32. The van der Waals surface area contributed by atoms with E-state index >= 15 is 0 Å². The largest absolute Gasteiger partial charge is 0.481 e. The number of aliphatic carboxylic acids is 1. The molecule has 0 spiro atoms. The van der Waals surface area contributed by atoms with Gasteiger partial charge in [-0.3, -0.25) is 4.79 Å². The normalized spacial score (nSPS) is 58.0. The molecule has 5 fully saturated rings. The molecule has 0 saturated heterocycles. The van der Waals surface area contributed by atoms with Gasteiger partial charge in [-0.25, -0.2) is 4.79 Å². The van der Waals surface area contributed by atoms with Crippen molar-refractivity contribution in [3.05, 3.63) is 0 Å². The molecule has 0 bridgehead atoms. The third kappa shape index (κ3) is 1.21. The van der Waals surface area contributed by atoms with E-state index in [1.807, 2.05) is 0 Å². The predicted octanol–water partition coefficient (Wildman–Crippen LogP) is 0.803. The molecule has 0 aromatic rings. The fourth-order valence-corrected chi connectivity index (χ4v) is 5.13. The van der Waals surface area contributed by atoms with E-state index in [9.17, 15) is 9.59 Å². The van der Waals surface area contributed by atoms with Gasteiger partial charge in [0.2, 0.25) is 0 Å². The molecule has 3 N–H and O–H groups in total. The van der Waals surface area contributed by atoms with Crippen molar-refractivity contribution in [3.8, 4) is 0 Å². The summed E-state index contributed by atoms with van der Waals surface area (Å²) in [7, 11) is 0. The fourth-order valence-electron chi connectivity index (χ4n) is 5.13. The van der Waals surface area contributed by atoms with Crippen molar-refractivity contribution in [1.29, 1.82) is 0 Å². The van der Waals surface area contributed by atoms with Gasteiger partial charge in [0.25, 0.3) is 0 Å². The summed E-state index contributed by atoms with van der Waals surface area (Å²) in [5.74, 6) is 2.80. The first-order valence-corrected chi connectivity index (χ1v) is 7.40. The molecule has 5 aliphatic rings. The topological polar surface area (TPSA) is 78.4 Å². The lowest BCUT2D eigenvalue weighted by Crippen LogP contribution is -2.53. The zero-order valence-corrected chi connectivity index (χ0v) is 10.6. The number of nitrogens with one attached hydrogen (secondary N) is 2. The number of hydrogen-bond donors (Lipinski definition) is 3. The van der Waals surface area contributed by atoms with Crippen LogP contribution in [0.1, 0.15) is 25.7 Å². The van der Waals surface area contributed by atoms with Crippen molar-refractivity contribution in [2.75, 3.05) is 0 Å². The second kappa shape index (κ2) is 2.91. The maximum absolute atomic E-state index is 12.0. The number of carbonyl (C=O) groups is 2. The lowest BCUT2D eigenvalue weighted by molar-refractivity contribution is -0.147. The van der Waals surface area contributed by atoms with Crippen molar-refractivity contribution >= 4 is 12.0 Å². The predicted molar refractivity (Wildman–Crippen MR) is 65.2 cm³/mol. The van der Waals surface area contributed by atoms with Gasteiger partial charge in [-0.15, -0.1) is 0 Å². The molecule has 0 aromatic carbocycles. The van der Waals surface area contributed by atoms with Crippen molar-refractivity contribution in [1.82, 2.24) is 10.6 Å². The Balaban J connectivity index is 1.16. The first-order chi connectivity index (χ1) is 9.10. The SMILES string of the molecule is O=C(NC1[C@@H]2C[C@@H]2[C@H]2C[C@@H]12)N[C@@H]1C[C@@]2(C(=O)O)C[C@@H]12. The number of carboxylic acid groups (broad SMARTS) is 1. The van der Waals surface area contributed by atoms with Crippen LogP contribution in [-0.4, -0.2) is 29.2 Å². The third-order valence-corrected chi connectivity index (χ3v) is 6.50. The second-order valence-electron chi connectivity index (χ2n) is 7.35. The Hall–Kier alpha value is -1.26. The smallest absolute Gasteiger partial charge is 0.315 e. The molecule has 0 radical (unpaired) electrons. The maximum atomic E-state index is 12.0. The Labute approximate surface area is 111 Å². The molecule has 5 saturated carbocycles. The first kappa shape index (κ1) is 10.5. The first-order valence-electron chi connectivity index (χ1n) is 7.40. The van der Waals surface area contributed by atoms with Crippen LogP contribution in [0.3, 0.4) is 0 Å². The van der Waals surface area contributed by atoms with Crippen molar-refractivity contribution in [2.24, 2.45) is 35.0 Å². The Morgan fingerprint density at radius 3 is 2.21 bits per heavy atom. The van der Waals surface area contributed by atoms with Crippen LogP contribution in [0.25, 0.3) is 0 Å². The van der Waals surface area contributed by atoms with Crippen LogP contribution in [0, 0.1) is 35.0 Å². The average molecular weight is 262 g/mol. The van der Waals surface area contributed by atoms with Gasteiger partial charge in [-0.2, -0.15) is 0 Å². The van der Waals surface area contributed by atoms with E-state index in [1.54, 1.807) is 0 Å². The third-order valence-electron chi connectivity index (χ3n) is 6.50. The molecule has 5 heteroatoms. The number of urea groups is 1. The summed E-state index contributed by atoms with van der Waals surface area (Å²) in [6, 6.07) is 0.417. The van der Waals surface area contributed by atoms with Crippen LogP contribution < -0.4 is 10.6 Å². The highest BCUT2D eigenvalue weighted by Gasteiger charge is 2.72. The van der Waals surface area contributed by atoms with Crippen LogP contribution >= 0.6 is 0 Å². The van der Waals surface area contributed by atoms with Crippen LogP contribution in [0.5, 0.6) is 0 Å². The van der Waals surface area contributed by atoms with E-state index in [4.69, 9.17) is 5.11 Å². The van der Waals surface area contributed by atoms with Gasteiger partial charge in [0.15, 0.2) is 0 Å². The van der Waals surface area contributed by atoms with E-state index in [0.717, 1.165) is 30.1 Å². The molecule has 0 heterocycles. The van der Waals surface area contributed by atoms with Gasteiger partial charge < -0.3 is 15.7 Å². The summed E-state index contributed by atoms with van der Waals surface area (Å²) in [4.78, 5) is 23.0. The Morgan fingerprint density at radius 2 is 1.68 bits per heavy atom. The van der Waals surface area contributed by atoms with E-state index in [2.05, 4.69) is 10.6 Å². The van der Waals surface area contributed by atoms with E-state index in [1.165, 1.54) is 12.8 Å². The van der Waals surface area contributed by atoms with E-state index < -0.39 is 11.4 Å². The van der Waals surface area contributed by atoms with Crippen LogP contribution in [0.4, 0.5) is 4.79 Å². The molecular weight excluding hydrogens is 244 g/mol. The van der Waals surface area contributed by atoms with E-state index in [0.29, 0.717) is 12.5 Å². The summed E-state index contributed by atoms with van der Waals surface area (Å²) in [5.41, 5.74) is -0.478. The highest BCUT2D eigenvalue weighted by Crippen LogP contribution is 2.69. The maximum Gasteiger partial charge on any atom is 0.315 e. The number of hydrogen-bond acceptors (Lipinski definition) is 2. The van der Waals surface area contributed by atoms with Gasteiger partial charge in [-0.1, -0.05) is 0 Å². The van der Waals surface area contributed by atoms with Crippen molar-refractivity contribution < 1.29 is 14.7 Å². The standard InChI is InChI=1S/C14H18N2O3/c17-12(18)14-3-9(14)10(4-14)15-13(19)16-11-7-1-5(7)6-2-8(6)11/h5-11H,1-4H2,(H,17,18)(H2,15,16,19)/t5-,6-,7-,8-,9+,10-,14+/m1/s1. The summed E-state index contributed by atoms with van der Waals surface area (Å²) >= 11 is 0. The summed E-state index contributed by atoms with van der Waals surface area (Å²) in [6.07, 6.45) is 3.97. The Kier molecular flexibility index (Phi) is 1.61. The number of carboxylic acids is 1. The average Bonchev–Trinajstić information content (AvgIpc) is 3.20. The van der Waals surface area contributed by atoms with Gasteiger partial charge in [0.1, 0.15) is 0 Å². The monoisotopic (exact) mass is 262 g/mol. The molecule has 2 amide bonds. The molecular formula is C14H18N2O3. The van der Waals surface area contributed by atoms with E-state index in [-0.39, 0.29) is 18.0 Å². The molecule has 19 heavy (non-hydrogen) atoms. The highest BCUT2D eigenvalue weighted by molar-refractivity contribution is 5.82. The zero-order chi connectivity index (χ0) is 12.9. The van der Waals surface area contributed by atoms with Crippen LogP contribution in [-0.2, 0) is 4.79 Å². The van der Waals surface area contributed by atoms with Crippen molar-refractivity contribution in [3.63, 3.8) is 0 Å². The minimum absolute atomic E-state index is 0.0703. The quantitative estimate of drug-likeness (QED) is 0.704. The lowest BCUT2D eigenvalue weighted by atomic mass is 9.80. The highest BCUT2D eigenvalue weighted by atomic mass is 16.4. The summed E-state index contributed by atoms with van der Waals surface area (Å²) < 4.78 is 0. The van der Waals surface area contributed by atoms with Gasteiger partial charge in [0, 0.05) is 12.1 Å². The van der Waals surface area contributed by atoms with Gasteiger partial charge in [-0.05, 0) is 55.3 Å². The van der Waals surface area contributed by atoms with Gasteiger partial charge >= 0.3 is 12.0 Å². The molecule has 7 atom stereocenters.